The Kier molecular flexibility index (Phi) is 5.39. The monoisotopic (exact) mass is 479 g/mol. The van der Waals surface area contributed by atoms with E-state index in [1.165, 1.54) is 6.07 Å². The SMILES string of the molecule is O=c1[nH]c2ccccc2cc1C(F)(F)C(F)(F)C(F)(F)C(F)(F)C(F)(F)C(F)(F)Cl. The van der Waals surface area contributed by atoms with Crippen LogP contribution in [-0.2, 0) is 5.92 Å². The van der Waals surface area contributed by atoms with Crippen LogP contribution >= 0.6 is 11.6 Å². The van der Waals surface area contributed by atoms with Crippen LogP contribution in [0, 0.1) is 0 Å². The molecule has 0 bridgehead atoms. The first kappa shape index (κ1) is 24.2. The predicted molar refractivity (Wildman–Crippen MR) is 79.1 cm³/mol. The number of para-hydroxylation sites is 1. The third kappa shape index (κ3) is 3.10. The zero-order chi connectivity index (χ0) is 23.6. The summed E-state index contributed by atoms with van der Waals surface area (Å²) in [5.74, 6) is -36.9. The fraction of sp³-hybridized carbons (Fsp3) is 0.400. The van der Waals surface area contributed by atoms with E-state index in [9.17, 15) is 57.5 Å². The standard InChI is InChI=1S/C15H6ClF12NO/c16-15(27,28)14(25,26)13(23,24)12(21,22)11(19,20)10(17,18)7-5-6-3-1-2-4-8(6)29-9(7)30/h1-5H,(H,29,30). The van der Waals surface area contributed by atoms with E-state index in [4.69, 9.17) is 0 Å². The second-order valence-electron chi connectivity index (χ2n) is 5.97. The van der Waals surface area contributed by atoms with Crippen molar-refractivity contribution < 1.29 is 52.7 Å². The van der Waals surface area contributed by atoms with E-state index in [0.717, 1.165) is 18.2 Å². The number of H-pyrrole nitrogens is 1. The highest BCUT2D eigenvalue weighted by molar-refractivity contribution is 6.22. The quantitative estimate of drug-likeness (QED) is 0.400. The number of alkyl halides is 13. The van der Waals surface area contributed by atoms with Crippen LogP contribution in [-0.4, -0.2) is 34.1 Å². The van der Waals surface area contributed by atoms with Gasteiger partial charge >= 0.3 is 35.0 Å². The molecule has 0 unspecified atom stereocenters. The topological polar surface area (TPSA) is 32.9 Å². The highest BCUT2D eigenvalue weighted by atomic mass is 35.5. The van der Waals surface area contributed by atoms with E-state index < -0.39 is 51.5 Å². The van der Waals surface area contributed by atoms with Gasteiger partial charge in [-0.2, -0.15) is 52.7 Å². The van der Waals surface area contributed by atoms with Gasteiger partial charge in [0.15, 0.2) is 0 Å². The van der Waals surface area contributed by atoms with Crippen LogP contribution in [0.15, 0.2) is 35.1 Å². The van der Waals surface area contributed by atoms with Crippen molar-refractivity contribution in [1.82, 2.24) is 4.98 Å². The average Bonchev–Trinajstić information content (AvgIpc) is 2.59. The van der Waals surface area contributed by atoms with E-state index in [1.54, 1.807) is 4.98 Å². The fourth-order valence-corrected chi connectivity index (χ4v) is 2.44. The molecule has 1 aromatic carbocycles. The molecule has 2 nitrogen and oxygen atoms in total. The van der Waals surface area contributed by atoms with Crippen molar-refractivity contribution in [1.29, 1.82) is 0 Å². The molecule has 30 heavy (non-hydrogen) atoms. The Morgan fingerprint density at radius 2 is 1.17 bits per heavy atom. The number of nitrogens with one attached hydrogen (secondary N) is 1. The molecule has 15 heteroatoms. The lowest BCUT2D eigenvalue weighted by Crippen LogP contribution is -2.69. The van der Waals surface area contributed by atoms with Crippen molar-refractivity contribution in [2.24, 2.45) is 0 Å². The Morgan fingerprint density at radius 3 is 1.67 bits per heavy atom. The van der Waals surface area contributed by atoms with Crippen molar-refractivity contribution in [2.45, 2.75) is 35.0 Å². The summed E-state index contributed by atoms with van der Waals surface area (Å²) in [6.07, 6.45) is 0. The lowest BCUT2D eigenvalue weighted by Gasteiger charge is -2.40. The minimum Gasteiger partial charge on any atom is -0.322 e. The summed E-state index contributed by atoms with van der Waals surface area (Å²) in [6, 6.07) is 4.31. The Hall–Kier alpha value is -2.12. The Morgan fingerprint density at radius 1 is 0.700 bits per heavy atom. The summed E-state index contributed by atoms with van der Waals surface area (Å²) in [5, 5.41) is -6.97. The molecular formula is C15H6ClF12NO. The number of aromatic amines is 1. The van der Waals surface area contributed by atoms with Crippen LogP contribution < -0.4 is 5.56 Å². The smallest absolute Gasteiger partial charge is 0.322 e. The summed E-state index contributed by atoms with van der Waals surface area (Å²) in [6.45, 7) is 0. The maximum atomic E-state index is 14.2. The third-order valence-corrected chi connectivity index (χ3v) is 4.26. The molecule has 0 spiro atoms. The number of aromatic nitrogens is 1. The Balaban J connectivity index is 2.71. The number of rotatable bonds is 6. The van der Waals surface area contributed by atoms with Crippen molar-refractivity contribution in [3.63, 3.8) is 0 Å². The molecule has 1 aromatic heterocycles. The van der Waals surface area contributed by atoms with E-state index in [-0.39, 0.29) is 11.6 Å². The molecule has 2 rings (SSSR count). The highest BCUT2D eigenvalue weighted by Gasteiger charge is 2.90. The zero-order valence-corrected chi connectivity index (χ0v) is 14.5. The molecule has 0 amide bonds. The maximum absolute atomic E-state index is 14.2. The van der Waals surface area contributed by atoms with Crippen LogP contribution in [0.1, 0.15) is 5.56 Å². The van der Waals surface area contributed by atoms with Gasteiger partial charge in [-0.3, -0.25) is 4.79 Å². The molecule has 1 heterocycles. The van der Waals surface area contributed by atoms with Crippen LogP contribution in [0.2, 0.25) is 0 Å². The van der Waals surface area contributed by atoms with Crippen molar-refractivity contribution >= 4 is 22.5 Å². The number of hydrogen-bond acceptors (Lipinski definition) is 1. The van der Waals surface area contributed by atoms with Gasteiger partial charge in [0, 0.05) is 5.52 Å². The second-order valence-corrected chi connectivity index (χ2v) is 6.44. The van der Waals surface area contributed by atoms with Crippen molar-refractivity contribution in [2.75, 3.05) is 0 Å². The van der Waals surface area contributed by atoms with Gasteiger partial charge in [-0.1, -0.05) is 18.2 Å². The molecule has 168 valence electrons. The summed E-state index contributed by atoms with van der Waals surface area (Å²) in [5.41, 5.74) is -4.90. The van der Waals surface area contributed by atoms with E-state index in [0.29, 0.717) is 0 Å². The predicted octanol–water partition coefficient (Wildman–Crippen LogP) is 5.99. The molecule has 0 aliphatic heterocycles. The summed E-state index contributed by atoms with van der Waals surface area (Å²) < 4.78 is 161. The number of hydrogen-bond donors (Lipinski definition) is 1. The van der Waals surface area contributed by atoms with Gasteiger partial charge in [-0.25, -0.2) is 0 Å². The lowest BCUT2D eigenvalue weighted by molar-refractivity contribution is -0.419. The van der Waals surface area contributed by atoms with Crippen LogP contribution in [0.4, 0.5) is 52.7 Å². The second kappa shape index (κ2) is 6.69. The largest absolute Gasteiger partial charge is 0.393 e. The molecule has 0 aliphatic carbocycles. The maximum Gasteiger partial charge on any atom is 0.393 e. The number of benzene rings is 1. The van der Waals surface area contributed by atoms with Gasteiger partial charge in [0.25, 0.3) is 5.56 Å². The summed E-state index contributed by atoms with van der Waals surface area (Å²) in [4.78, 5) is 13.3. The summed E-state index contributed by atoms with van der Waals surface area (Å²) >= 11 is 3.60. The first-order valence-electron chi connectivity index (χ1n) is 7.32. The van der Waals surface area contributed by atoms with E-state index >= 15 is 0 Å². The molecular weight excluding hydrogens is 474 g/mol. The Bertz CT molecular complexity index is 1010. The van der Waals surface area contributed by atoms with Crippen LogP contribution in [0.5, 0.6) is 0 Å². The van der Waals surface area contributed by atoms with Crippen LogP contribution in [0.3, 0.4) is 0 Å². The molecule has 0 saturated heterocycles. The molecule has 0 aliphatic rings. The number of fused-ring (bicyclic) bond motifs is 1. The van der Waals surface area contributed by atoms with Crippen molar-refractivity contribution in [3.8, 4) is 0 Å². The Labute approximate surface area is 162 Å². The fourth-order valence-electron chi connectivity index (χ4n) is 2.32. The van der Waals surface area contributed by atoms with Gasteiger partial charge in [0.2, 0.25) is 0 Å². The lowest BCUT2D eigenvalue weighted by atomic mass is 9.91. The molecule has 0 fully saturated rings. The first-order chi connectivity index (χ1) is 13.2. The molecule has 1 N–H and O–H groups in total. The van der Waals surface area contributed by atoms with Gasteiger partial charge < -0.3 is 4.98 Å². The zero-order valence-electron chi connectivity index (χ0n) is 13.7. The normalized spacial score (nSPS) is 15.0. The van der Waals surface area contributed by atoms with Gasteiger partial charge in [0.05, 0.1) is 5.56 Å². The van der Waals surface area contributed by atoms with Gasteiger partial charge in [-0.15, -0.1) is 0 Å². The first-order valence-corrected chi connectivity index (χ1v) is 7.69. The minimum atomic E-state index is -7.80. The number of pyridine rings is 1. The summed E-state index contributed by atoms with van der Waals surface area (Å²) in [7, 11) is 0. The van der Waals surface area contributed by atoms with Gasteiger partial charge in [0.1, 0.15) is 0 Å². The van der Waals surface area contributed by atoms with Crippen LogP contribution in [0.25, 0.3) is 10.9 Å². The highest BCUT2D eigenvalue weighted by Crippen LogP contribution is 2.62. The third-order valence-electron chi connectivity index (χ3n) is 4.03. The molecule has 0 saturated carbocycles. The van der Waals surface area contributed by atoms with Crippen molar-refractivity contribution in [3.05, 3.63) is 46.2 Å². The molecule has 0 atom stereocenters. The number of halogens is 13. The minimum absolute atomic E-state index is 0.0649. The van der Waals surface area contributed by atoms with Gasteiger partial charge in [-0.05, 0) is 29.1 Å². The van der Waals surface area contributed by atoms with E-state index in [2.05, 4.69) is 11.6 Å². The van der Waals surface area contributed by atoms with E-state index in [1.807, 2.05) is 0 Å². The average molecular weight is 480 g/mol. The molecule has 2 aromatic rings. The molecule has 0 radical (unpaired) electrons.